The van der Waals surface area contributed by atoms with Crippen LogP contribution in [0.15, 0.2) is 51.5 Å². The minimum atomic E-state index is -4.99. The van der Waals surface area contributed by atoms with Crippen LogP contribution in [-0.2, 0) is 16.9 Å². The number of alkyl halides is 3. The molecule has 37 heavy (non-hydrogen) atoms. The third-order valence-corrected chi connectivity index (χ3v) is 6.54. The standard InChI is InChI=1S/C24H21BrF4N4O4/c1-3-23(35,24(27,28)29)21-31-32-22(37-21)30-12-13-9-10-33-16(11-13)18(25)17(20(34)36-4-2)19(33)14-5-7-15(26)8-6-14/h5-11,35H,3-4,12H2,1-2H3,(H,30,32). The van der Waals surface area contributed by atoms with Gasteiger partial charge in [0.1, 0.15) is 11.4 Å². The SMILES string of the molecule is CCOC(=O)c1c(Br)c2cc(CNc3nnc(C(O)(CC)C(F)(F)F)o3)ccn2c1-c1ccc(F)cc1. The summed E-state index contributed by atoms with van der Waals surface area (Å²) >= 11 is 3.48. The molecule has 1 atom stereocenters. The molecule has 8 nitrogen and oxygen atoms in total. The van der Waals surface area contributed by atoms with Crippen molar-refractivity contribution in [3.8, 4) is 11.3 Å². The van der Waals surface area contributed by atoms with Crippen LogP contribution in [0, 0.1) is 5.82 Å². The Morgan fingerprint density at radius 1 is 1.19 bits per heavy atom. The smallest absolute Gasteiger partial charge is 0.426 e. The maximum atomic E-state index is 13.5. The Morgan fingerprint density at radius 2 is 1.89 bits per heavy atom. The van der Waals surface area contributed by atoms with Crippen molar-refractivity contribution < 1.29 is 36.6 Å². The van der Waals surface area contributed by atoms with Gasteiger partial charge < -0.3 is 24.0 Å². The number of fused-ring (bicyclic) bond motifs is 1. The zero-order valence-electron chi connectivity index (χ0n) is 19.6. The van der Waals surface area contributed by atoms with Crippen molar-refractivity contribution >= 4 is 33.4 Å². The van der Waals surface area contributed by atoms with E-state index >= 15 is 0 Å². The molecule has 3 heterocycles. The first kappa shape index (κ1) is 26.6. The molecule has 196 valence electrons. The molecular weight excluding hydrogens is 564 g/mol. The van der Waals surface area contributed by atoms with E-state index in [9.17, 15) is 27.5 Å². The molecule has 0 spiro atoms. The van der Waals surface area contributed by atoms with E-state index in [0.29, 0.717) is 26.8 Å². The van der Waals surface area contributed by atoms with Crippen LogP contribution in [0.2, 0.25) is 0 Å². The number of hydrogen-bond acceptors (Lipinski definition) is 7. The summed E-state index contributed by atoms with van der Waals surface area (Å²) in [5.74, 6) is -1.95. The van der Waals surface area contributed by atoms with E-state index in [0.717, 1.165) is 6.92 Å². The third kappa shape index (κ3) is 4.92. The van der Waals surface area contributed by atoms with E-state index in [1.807, 2.05) is 0 Å². The van der Waals surface area contributed by atoms with Crippen molar-refractivity contribution in [2.24, 2.45) is 0 Å². The molecular formula is C24H21BrF4N4O4. The Bertz CT molecular complexity index is 1440. The highest BCUT2D eigenvalue weighted by atomic mass is 79.9. The van der Waals surface area contributed by atoms with E-state index in [2.05, 4.69) is 31.4 Å². The molecule has 4 aromatic rings. The maximum Gasteiger partial charge on any atom is 0.426 e. The average molecular weight is 585 g/mol. The van der Waals surface area contributed by atoms with Gasteiger partial charge in [0, 0.05) is 12.7 Å². The van der Waals surface area contributed by atoms with Crippen molar-refractivity contribution in [3.63, 3.8) is 0 Å². The monoisotopic (exact) mass is 584 g/mol. The van der Waals surface area contributed by atoms with Gasteiger partial charge in [-0.15, -0.1) is 5.10 Å². The van der Waals surface area contributed by atoms with Crippen LogP contribution in [0.4, 0.5) is 23.6 Å². The number of hydrogen-bond donors (Lipinski definition) is 2. The summed E-state index contributed by atoms with van der Waals surface area (Å²) in [5.41, 5.74) is -0.671. The van der Waals surface area contributed by atoms with Crippen molar-refractivity contribution in [2.75, 3.05) is 11.9 Å². The van der Waals surface area contributed by atoms with Gasteiger partial charge in [-0.3, -0.25) is 0 Å². The lowest BCUT2D eigenvalue weighted by atomic mass is 10.0. The molecule has 0 saturated heterocycles. The van der Waals surface area contributed by atoms with Gasteiger partial charge in [0.25, 0.3) is 5.89 Å². The molecule has 1 unspecified atom stereocenters. The fraction of sp³-hybridized carbons (Fsp3) is 0.292. The summed E-state index contributed by atoms with van der Waals surface area (Å²) in [4.78, 5) is 12.8. The lowest BCUT2D eigenvalue weighted by molar-refractivity contribution is -0.275. The topological polar surface area (TPSA) is 102 Å². The van der Waals surface area contributed by atoms with Crippen LogP contribution in [0.3, 0.4) is 0 Å². The number of carbonyl (C=O) groups excluding carboxylic acids is 1. The molecule has 0 aliphatic carbocycles. The molecule has 0 aliphatic heterocycles. The van der Waals surface area contributed by atoms with E-state index in [-0.39, 0.29) is 24.7 Å². The summed E-state index contributed by atoms with van der Waals surface area (Å²) in [5, 5.41) is 19.6. The second-order valence-corrected chi connectivity index (χ2v) is 8.83. The first-order chi connectivity index (χ1) is 17.5. The highest BCUT2D eigenvalue weighted by molar-refractivity contribution is 9.10. The van der Waals surface area contributed by atoms with Gasteiger partial charge in [-0.05, 0) is 76.8 Å². The predicted molar refractivity (Wildman–Crippen MR) is 128 cm³/mol. The maximum absolute atomic E-state index is 13.5. The van der Waals surface area contributed by atoms with Gasteiger partial charge in [0.15, 0.2) is 0 Å². The molecule has 0 aliphatic rings. The van der Waals surface area contributed by atoms with Gasteiger partial charge >= 0.3 is 18.2 Å². The highest BCUT2D eigenvalue weighted by Crippen LogP contribution is 2.41. The van der Waals surface area contributed by atoms with Crippen molar-refractivity contribution in [1.29, 1.82) is 0 Å². The molecule has 0 saturated carbocycles. The molecule has 2 N–H and O–H groups in total. The minimum absolute atomic E-state index is 0.0763. The van der Waals surface area contributed by atoms with Crippen LogP contribution < -0.4 is 5.32 Å². The van der Waals surface area contributed by atoms with Crippen molar-refractivity contribution in [2.45, 2.75) is 38.6 Å². The molecule has 13 heteroatoms. The second-order valence-electron chi connectivity index (χ2n) is 8.03. The first-order valence-electron chi connectivity index (χ1n) is 11.1. The van der Waals surface area contributed by atoms with Gasteiger partial charge in [-0.1, -0.05) is 12.0 Å². The Morgan fingerprint density at radius 3 is 2.51 bits per heavy atom. The Labute approximate surface area is 216 Å². The minimum Gasteiger partial charge on any atom is -0.462 e. The number of esters is 1. The Hall–Kier alpha value is -3.45. The van der Waals surface area contributed by atoms with Crippen LogP contribution in [0.5, 0.6) is 0 Å². The van der Waals surface area contributed by atoms with Gasteiger partial charge in [0.2, 0.25) is 5.60 Å². The molecule has 4 rings (SSSR count). The number of carbonyl (C=O) groups is 1. The van der Waals surface area contributed by atoms with Crippen molar-refractivity contribution in [3.05, 3.63) is 69.9 Å². The largest absolute Gasteiger partial charge is 0.462 e. The third-order valence-electron chi connectivity index (χ3n) is 5.74. The number of ether oxygens (including phenoxy) is 1. The number of rotatable bonds is 8. The highest BCUT2D eigenvalue weighted by Gasteiger charge is 2.57. The number of pyridine rings is 1. The number of nitrogens with zero attached hydrogens (tertiary/aromatic N) is 3. The molecule has 0 radical (unpaired) electrons. The zero-order chi connectivity index (χ0) is 27.0. The molecule has 0 fully saturated rings. The van der Waals surface area contributed by atoms with Crippen molar-refractivity contribution in [1.82, 2.24) is 14.6 Å². The van der Waals surface area contributed by atoms with Crippen LogP contribution in [0.1, 0.15) is 42.1 Å². The lowest BCUT2D eigenvalue weighted by Crippen LogP contribution is -2.42. The van der Waals surface area contributed by atoms with E-state index in [1.54, 1.807) is 41.8 Å². The Balaban J connectivity index is 1.67. The number of nitrogens with one attached hydrogen (secondary N) is 1. The number of halogens is 5. The number of aliphatic hydroxyl groups is 1. The predicted octanol–water partition coefficient (Wildman–Crippen LogP) is 5.84. The van der Waals surface area contributed by atoms with E-state index < -0.39 is 35.9 Å². The van der Waals surface area contributed by atoms with Gasteiger partial charge in [-0.25, -0.2) is 9.18 Å². The number of anilines is 1. The summed E-state index contributed by atoms with van der Waals surface area (Å²) in [7, 11) is 0. The zero-order valence-corrected chi connectivity index (χ0v) is 21.2. The molecule has 1 aromatic carbocycles. The van der Waals surface area contributed by atoms with Gasteiger partial charge in [-0.2, -0.15) is 13.2 Å². The lowest BCUT2D eigenvalue weighted by Gasteiger charge is -2.25. The molecule has 0 amide bonds. The van der Waals surface area contributed by atoms with Crippen LogP contribution in [0.25, 0.3) is 16.8 Å². The Kier molecular flexibility index (Phi) is 7.29. The fourth-order valence-electron chi connectivity index (χ4n) is 3.76. The average Bonchev–Trinajstić information content (AvgIpc) is 3.45. The second kappa shape index (κ2) is 10.1. The molecule has 0 bridgehead atoms. The molecule has 3 aromatic heterocycles. The summed E-state index contributed by atoms with van der Waals surface area (Å²) < 4.78 is 65.8. The van der Waals surface area contributed by atoms with E-state index in [4.69, 9.17) is 9.15 Å². The quantitative estimate of drug-likeness (QED) is 0.198. The summed E-state index contributed by atoms with van der Waals surface area (Å²) in [6.07, 6.45) is -4.00. The normalized spacial score (nSPS) is 13.5. The number of aromatic nitrogens is 3. The summed E-state index contributed by atoms with van der Waals surface area (Å²) in [6, 6.07) is 8.81. The van der Waals surface area contributed by atoms with Crippen LogP contribution >= 0.6 is 15.9 Å². The fourth-order valence-corrected chi connectivity index (χ4v) is 4.42. The van der Waals surface area contributed by atoms with Crippen LogP contribution in [-0.4, -0.2) is 38.5 Å². The first-order valence-corrected chi connectivity index (χ1v) is 11.9. The van der Waals surface area contributed by atoms with Gasteiger partial charge in [0.05, 0.1) is 22.3 Å². The summed E-state index contributed by atoms with van der Waals surface area (Å²) in [6.45, 7) is 3.07. The number of benzene rings is 1. The van der Waals surface area contributed by atoms with E-state index in [1.165, 1.54) is 12.1 Å².